The van der Waals surface area contributed by atoms with Gasteiger partial charge in [0.05, 0.1) is 0 Å². The van der Waals surface area contributed by atoms with Gasteiger partial charge in [0.1, 0.15) is 0 Å². The summed E-state index contributed by atoms with van der Waals surface area (Å²) in [7, 11) is 0. The van der Waals surface area contributed by atoms with Crippen molar-refractivity contribution >= 4 is 6.16 Å². The Balaban J connectivity index is -0.000000142. The third kappa shape index (κ3) is 22.4. The Bertz CT molecular complexity index is 87.1. The summed E-state index contributed by atoms with van der Waals surface area (Å²) in [6.45, 7) is 10.1. The first-order chi connectivity index (χ1) is 5.08. The van der Waals surface area contributed by atoms with E-state index in [2.05, 4.69) is 25.7 Å². The van der Waals surface area contributed by atoms with E-state index in [1.165, 1.54) is 19.6 Å². The van der Waals surface area contributed by atoms with Gasteiger partial charge in [-0.25, -0.2) is 0 Å². The van der Waals surface area contributed by atoms with Crippen LogP contribution in [0.5, 0.6) is 0 Å². The van der Waals surface area contributed by atoms with E-state index in [0.717, 1.165) is 0 Å². The van der Waals surface area contributed by atoms with E-state index in [9.17, 15) is 0 Å². The molecule has 0 aromatic heterocycles. The summed E-state index contributed by atoms with van der Waals surface area (Å²) in [5.74, 6) is 0. The van der Waals surface area contributed by atoms with Crippen LogP contribution in [0.25, 0.3) is 0 Å². The normalized spacial score (nSPS) is 8.00. The molecule has 0 rings (SSSR count). The summed E-state index contributed by atoms with van der Waals surface area (Å²) >= 11 is 0. The molecule has 4 nitrogen and oxygen atoms in total. The molecular weight excluding hydrogens is 185 g/mol. The molecule has 0 heterocycles. The van der Waals surface area contributed by atoms with Gasteiger partial charge >= 0.3 is 51.4 Å². The molecule has 0 aromatic carbocycles. The van der Waals surface area contributed by atoms with Crippen LogP contribution >= 0.6 is 0 Å². The molecule has 0 spiro atoms. The zero-order valence-corrected chi connectivity index (χ0v) is 11.5. The Hall–Kier alpha value is 0.866. The van der Waals surface area contributed by atoms with Crippen molar-refractivity contribution in [2.75, 3.05) is 19.6 Å². The summed E-state index contributed by atoms with van der Waals surface area (Å²) in [6.07, 6.45) is -2.08. The van der Waals surface area contributed by atoms with E-state index in [4.69, 9.17) is 15.0 Å². The quantitative estimate of drug-likeness (QED) is 0.503. The van der Waals surface area contributed by atoms with Crippen molar-refractivity contribution < 1.29 is 66.4 Å². The van der Waals surface area contributed by atoms with Crippen LogP contribution in [0.4, 0.5) is 4.79 Å². The van der Waals surface area contributed by atoms with E-state index < -0.39 is 6.16 Å². The number of hydrogen-bond donors (Lipinski definition) is 1. The van der Waals surface area contributed by atoms with Gasteiger partial charge in [-0.3, -0.25) is 0 Å². The molecule has 0 bridgehead atoms. The van der Waals surface area contributed by atoms with Gasteiger partial charge in [-0.1, -0.05) is 20.8 Å². The van der Waals surface area contributed by atoms with Gasteiger partial charge in [-0.15, -0.1) is 0 Å². The predicted octanol–water partition coefficient (Wildman–Crippen LogP) is -2.76. The summed E-state index contributed by atoms with van der Waals surface area (Å²) in [4.78, 5) is 10.8. The fraction of sp³-hybridized carbons (Fsp3) is 0.857. The zero-order valence-electron chi connectivity index (χ0n) is 8.33. The zero-order chi connectivity index (χ0) is 9.28. The Morgan fingerprint density at radius 2 is 1.42 bits per heavy atom. The third-order valence-electron chi connectivity index (χ3n) is 1.34. The van der Waals surface area contributed by atoms with Crippen LogP contribution in [0, 0.1) is 0 Å². The minimum Gasteiger partial charge on any atom is -0.565 e. The summed E-state index contributed by atoms with van der Waals surface area (Å²) < 4.78 is 0. The molecule has 12 heavy (non-hydrogen) atoms. The molecule has 0 fully saturated rings. The van der Waals surface area contributed by atoms with Crippen LogP contribution in [0.1, 0.15) is 20.8 Å². The van der Waals surface area contributed by atoms with Gasteiger partial charge in [0.15, 0.2) is 0 Å². The molecule has 1 N–H and O–H groups in total. The van der Waals surface area contributed by atoms with Gasteiger partial charge in [0.2, 0.25) is 6.16 Å². The molecular formula is C7H16KNO3. The first-order valence-corrected chi connectivity index (χ1v) is 3.70. The number of rotatable bonds is 3. The van der Waals surface area contributed by atoms with Crippen LogP contribution in [-0.2, 0) is 0 Å². The molecule has 0 atom stereocenters. The monoisotopic (exact) mass is 201 g/mol. The molecule has 0 saturated carbocycles. The molecule has 0 aliphatic heterocycles. The fourth-order valence-electron chi connectivity index (χ4n) is 0.671. The molecule has 0 aliphatic carbocycles. The number of hydrogen-bond acceptors (Lipinski definition) is 3. The number of carbonyl (C=O) groups is 1. The smallest absolute Gasteiger partial charge is 0.565 e. The van der Waals surface area contributed by atoms with Crippen LogP contribution in [-0.4, -0.2) is 35.8 Å². The SMILES string of the molecule is CCN(CC)CC.O=C([O-])O.[K+]. The van der Waals surface area contributed by atoms with Crippen molar-refractivity contribution in [3.05, 3.63) is 0 Å². The van der Waals surface area contributed by atoms with Crippen LogP contribution < -0.4 is 56.5 Å². The molecule has 0 amide bonds. The number of carboxylic acid groups (broad SMARTS) is 2. The summed E-state index contributed by atoms with van der Waals surface area (Å²) in [5.41, 5.74) is 0. The maximum absolute atomic E-state index is 8.44. The average molecular weight is 201 g/mol. The van der Waals surface area contributed by atoms with Gasteiger partial charge in [0, 0.05) is 0 Å². The summed E-state index contributed by atoms with van der Waals surface area (Å²) in [5, 5.41) is 15.3. The summed E-state index contributed by atoms with van der Waals surface area (Å²) in [6, 6.07) is 0. The van der Waals surface area contributed by atoms with Crippen molar-refractivity contribution in [2.24, 2.45) is 0 Å². The fourth-order valence-corrected chi connectivity index (χ4v) is 0.671. The minimum absolute atomic E-state index is 0. The molecule has 0 saturated heterocycles. The predicted molar refractivity (Wildman–Crippen MR) is 41.5 cm³/mol. The second-order valence-electron chi connectivity index (χ2n) is 1.89. The second kappa shape index (κ2) is 14.4. The van der Waals surface area contributed by atoms with Gasteiger partial charge in [0.25, 0.3) is 0 Å². The third-order valence-corrected chi connectivity index (χ3v) is 1.34. The maximum atomic E-state index is 8.44. The van der Waals surface area contributed by atoms with Crippen molar-refractivity contribution in [1.82, 2.24) is 4.90 Å². The van der Waals surface area contributed by atoms with E-state index in [1.54, 1.807) is 0 Å². The molecule has 0 aromatic rings. The van der Waals surface area contributed by atoms with Crippen LogP contribution in [0.15, 0.2) is 0 Å². The van der Waals surface area contributed by atoms with Crippen molar-refractivity contribution in [2.45, 2.75) is 20.8 Å². The van der Waals surface area contributed by atoms with Gasteiger partial charge in [-0.05, 0) is 19.6 Å². The molecule has 5 heteroatoms. The van der Waals surface area contributed by atoms with Crippen LogP contribution in [0.2, 0.25) is 0 Å². The largest absolute Gasteiger partial charge is 1.00 e. The van der Waals surface area contributed by atoms with E-state index in [1.807, 2.05) is 0 Å². The van der Waals surface area contributed by atoms with Crippen molar-refractivity contribution in [3.8, 4) is 0 Å². The Morgan fingerprint density at radius 1 is 1.25 bits per heavy atom. The molecule has 0 aliphatic rings. The first-order valence-electron chi connectivity index (χ1n) is 3.70. The van der Waals surface area contributed by atoms with E-state index in [0.29, 0.717) is 0 Å². The second-order valence-corrected chi connectivity index (χ2v) is 1.89. The Kier molecular flexibility index (Phi) is 22.3. The standard InChI is InChI=1S/C6H15N.CH2O3.K/c1-4-7(5-2)6-3;2-1(3)4;/h4-6H2,1-3H3;(H2,2,3,4);/q;;+1/p-1. The van der Waals surface area contributed by atoms with Crippen molar-refractivity contribution in [3.63, 3.8) is 0 Å². The average Bonchev–Trinajstić information content (AvgIpc) is 1.90. The first kappa shape index (κ1) is 18.6. The topological polar surface area (TPSA) is 63.6 Å². The van der Waals surface area contributed by atoms with E-state index in [-0.39, 0.29) is 51.4 Å². The molecule has 0 radical (unpaired) electrons. The van der Waals surface area contributed by atoms with Crippen LogP contribution in [0.3, 0.4) is 0 Å². The van der Waals surface area contributed by atoms with E-state index >= 15 is 0 Å². The molecule has 0 unspecified atom stereocenters. The van der Waals surface area contributed by atoms with Gasteiger partial charge < -0.3 is 19.9 Å². The Morgan fingerprint density at radius 3 is 1.42 bits per heavy atom. The van der Waals surface area contributed by atoms with Crippen molar-refractivity contribution in [1.29, 1.82) is 0 Å². The van der Waals surface area contributed by atoms with Gasteiger partial charge in [-0.2, -0.15) is 0 Å². The molecule has 68 valence electrons. The Labute approximate surface area is 116 Å². The maximum Gasteiger partial charge on any atom is 1.00 e. The number of nitrogens with zero attached hydrogens (tertiary/aromatic N) is 1. The minimum atomic E-state index is -2.08.